The van der Waals surface area contributed by atoms with Crippen molar-refractivity contribution in [3.8, 4) is 0 Å². The second kappa shape index (κ2) is 10.4. The number of hydrogen-bond donors (Lipinski definition) is 1. The molecule has 0 unspecified atom stereocenters. The first kappa shape index (κ1) is 15.8. The summed E-state index contributed by atoms with van der Waals surface area (Å²) in [5, 5.41) is 7.83. The van der Waals surface area contributed by atoms with Crippen LogP contribution in [0.2, 0.25) is 0 Å². The van der Waals surface area contributed by atoms with E-state index in [0.29, 0.717) is 0 Å². The summed E-state index contributed by atoms with van der Waals surface area (Å²) >= 11 is 0. The van der Waals surface area contributed by atoms with Crippen molar-refractivity contribution in [1.29, 1.82) is 0 Å². The molecule has 0 bridgehead atoms. The van der Waals surface area contributed by atoms with Gasteiger partial charge >= 0.3 is 43.7 Å². The van der Waals surface area contributed by atoms with Crippen molar-refractivity contribution < 1.29 is 9.90 Å². The summed E-state index contributed by atoms with van der Waals surface area (Å²) < 4.78 is 0. The number of rotatable bonds is 1. The molecule has 0 aliphatic rings. The van der Waals surface area contributed by atoms with Gasteiger partial charge in [-0.25, -0.2) is 4.79 Å². The molecule has 0 atom stereocenters. The molecule has 0 aromatic carbocycles. The van der Waals surface area contributed by atoms with E-state index in [-0.39, 0.29) is 37.7 Å². The molecule has 0 aromatic heterocycles. The first-order valence-electron chi connectivity index (χ1n) is 1.63. The van der Waals surface area contributed by atoms with E-state index >= 15 is 0 Å². The zero-order valence-electron chi connectivity index (χ0n) is 3.51. The Morgan fingerprint density at radius 1 is 1.50 bits per heavy atom. The summed E-state index contributed by atoms with van der Waals surface area (Å²) in [5.74, 6) is -0.891. The van der Waals surface area contributed by atoms with E-state index in [4.69, 9.17) is 5.11 Å². The summed E-state index contributed by atoms with van der Waals surface area (Å²) in [6.07, 6.45) is 2.56. The van der Waals surface area contributed by atoms with E-state index in [9.17, 15) is 4.79 Å². The topological polar surface area (TPSA) is 37.3 Å². The molecule has 0 heterocycles. The van der Waals surface area contributed by atoms with E-state index < -0.39 is 5.97 Å². The molecule has 8 heavy (non-hydrogen) atoms. The Morgan fingerprint density at radius 2 is 1.88 bits per heavy atom. The van der Waals surface area contributed by atoms with Crippen LogP contribution in [-0.4, -0.2) is 48.8 Å². The Hall–Kier alpha value is 0.405. The third-order valence-electron chi connectivity index (χ3n) is 0.309. The Kier molecular flexibility index (Phi) is 20.5. The van der Waals surface area contributed by atoms with E-state index in [1.807, 2.05) is 0 Å². The Bertz CT molecular complexity index is 80.1. The number of carbonyl (C=O) groups is 1. The molecule has 38 valence electrons. The third-order valence-corrected chi connectivity index (χ3v) is 0.309. The first-order valence-corrected chi connectivity index (χ1v) is 1.63. The number of carboxylic acids is 1. The third kappa shape index (κ3) is 16.1. The molecule has 0 aromatic rings. The van der Waals surface area contributed by atoms with E-state index in [1.54, 1.807) is 6.92 Å². The first-order chi connectivity index (χ1) is 2.77. The quantitative estimate of drug-likeness (QED) is 0.353. The molecule has 1 N–H and O–H groups in total. The van der Waals surface area contributed by atoms with Gasteiger partial charge in [0, 0.05) is 6.08 Å². The van der Waals surface area contributed by atoms with Crippen LogP contribution in [0.25, 0.3) is 0 Å². The van der Waals surface area contributed by atoms with Crippen molar-refractivity contribution in [2.75, 3.05) is 0 Å². The van der Waals surface area contributed by atoms with Gasteiger partial charge in [0.05, 0.1) is 0 Å². The molecule has 0 radical (unpaired) electrons. The maximum absolute atomic E-state index is 9.51. The number of aliphatic carboxylic acids is 1. The molecule has 2 nitrogen and oxygen atoms in total. The molecule has 0 amide bonds. The van der Waals surface area contributed by atoms with Gasteiger partial charge in [-0.15, -0.1) is 0 Å². The van der Waals surface area contributed by atoms with Crippen LogP contribution in [0.15, 0.2) is 12.2 Å². The number of hydrogen-bond acceptors (Lipinski definition) is 1. The molecule has 0 saturated carbocycles. The monoisotopic (exact) mass is 102 g/mol. The fraction of sp³-hybridized carbons (Fsp3) is 0.250. The Labute approximate surface area is 72.7 Å². The van der Waals surface area contributed by atoms with Crippen molar-refractivity contribution >= 4 is 43.7 Å². The van der Waals surface area contributed by atoms with Gasteiger partial charge in [-0.3, -0.25) is 0 Å². The predicted octanol–water partition coefficient (Wildman–Crippen LogP) is -0.650. The minimum atomic E-state index is -0.891. The number of carboxylic acid groups (broad SMARTS) is 1. The van der Waals surface area contributed by atoms with Crippen LogP contribution in [0.4, 0.5) is 0 Å². The van der Waals surface area contributed by atoms with Gasteiger partial charge in [-0.05, 0) is 6.92 Å². The van der Waals surface area contributed by atoms with Crippen molar-refractivity contribution in [3.63, 3.8) is 0 Å². The van der Waals surface area contributed by atoms with Gasteiger partial charge in [0.25, 0.3) is 0 Å². The van der Waals surface area contributed by atoms with E-state index in [2.05, 4.69) is 0 Å². The number of allylic oxidation sites excluding steroid dienone is 1. The molecule has 4 heteroatoms. The Balaban J connectivity index is -0.000000125. The summed E-state index contributed by atoms with van der Waals surface area (Å²) in [6.45, 7) is 1.66. The van der Waals surface area contributed by atoms with Gasteiger partial charge in [0.1, 0.15) is 0 Å². The van der Waals surface area contributed by atoms with Crippen molar-refractivity contribution in [2.45, 2.75) is 6.92 Å². The fourth-order valence-electron chi connectivity index (χ4n) is 0.143. The molecule has 0 spiro atoms. The van der Waals surface area contributed by atoms with Crippen molar-refractivity contribution in [3.05, 3.63) is 12.2 Å². The standard InChI is InChI=1S/C4H6O2.2Li.2H/c1-2-3-4(5)6;;;;/h2-3H,1H3,(H,5,6);;;;/b3-2+;;;;. The van der Waals surface area contributed by atoms with Crippen LogP contribution in [0.1, 0.15) is 6.92 Å². The van der Waals surface area contributed by atoms with Gasteiger partial charge < -0.3 is 5.11 Å². The second-order valence-corrected chi connectivity index (χ2v) is 0.838. The molecule has 0 saturated heterocycles. The fourth-order valence-corrected chi connectivity index (χ4v) is 0.143. The summed E-state index contributed by atoms with van der Waals surface area (Å²) in [7, 11) is 0. The van der Waals surface area contributed by atoms with Crippen LogP contribution in [0.5, 0.6) is 0 Å². The van der Waals surface area contributed by atoms with Gasteiger partial charge in [-0.2, -0.15) is 0 Å². The molecule has 0 rings (SSSR count). The molecule has 0 aliphatic heterocycles. The zero-order chi connectivity index (χ0) is 4.99. The summed E-state index contributed by atoms with van der Waals surface area (Å²) in [6, 6.07) is 0. The van der Waals surface area contributed by atoms with Crippen molar-refractivity contribution in [2.24, 2.45) is 0 Å². The zero-order valence-corrected chi connectivity index (χ0v) is 3.51. The molecular weight excluding hydrogens is 93.9 g/mol. The van der Waals surface area contributed by atoms with Crippen molar-refractivity contribution in [1.82, 2.24) is 0 Å². The molecular formula is C4H8Li2O2. The normalized spacial score (nSPS) is 7.12. The molecule has 0 fully saturated rings. The van der Waals surface area contributed by atoms with Crippen LogP contribution in [0, 0.1) is 0 Å². The maximum atomic E-state index is 9.51. The van der Waals surface area contributed by atoms with Crippen LogP contribution in [0.3, 0.4) is 0 Å². The van der Waals surface area contributed by atoms with Crippen LogP contribution >= 0.6 is 0 Å². The van der Waals surface area contributed by atoms with E-state index in [0.717, 1.165) is 6.08 Å². The SMILES string of the molecule is C/C=C/C(=O)O.[LiH].[LiH]. The second-order valence-electron chi connectivity index (χ2n) is 0.838. The predicted molar refractivity (Wildman–Crippen MR) is 36.7 cm³/mol. The average Bonchev–Trinajstić information content (AvgIpc) is 1.35. The van der Waals surface area contributed by atoms with E-state index in [1.165, 1.54) is 6.08 Å². The van der Waals surface area contributed by atoms with Gasteiger partial charge in [0.2, 0.25) is 0 Å². The summed E-state index contributed by atoms with van der Waals surface area (Å²) in [4.78, 5) is 9.51. The van der Waals surface area contributed by atoms with Crippen LogP contribution < -0.4 is 0 Å². The minimum absolute atomic E-state index is 0. The average molecular weight is 102 g/mol. The van der Waals surface area contributed by atoms with Gasteiger partial charge in [-0.1, -0.05) is 6.08 Å². The summed E-state index contributed by atoms with van der Waals surface area (Å²) in [5.41, 5.74) is 0. The van der Waals surface area contributed by atoms with Gasteiger partial charge in [0.15, 0.2) is 0 Å². The molecule has 0 aliphatic carbocycles. The van der Waals surface area contributed by atoms with Crippen LogP contribution in [-0.2, 0) is 4.79 Å². The Morgan fingerprint density at radius 3 is 1.88 bits per heavy atom.